The van der Waals surface area contributed by atoms with Crippen LogP contribution in [0.3, 0.4) is 0 Å². The van der Waals surface area contributed by atoms with Crippen LogP contribution in [0.1, 0.15) is 42.0 Å². The second-order valence-electron chi connectivity index (χ2n) is 9.39. The van der Waals surface area contributed by atoms with Crippen LogP contribution in [0, 0.1) is 0 Å². The molecule has 0 aliphatic carbocycles. The van der Waals surface area contributed by atoms with E-state index in [0.29, 0.717) is 29.8 Å². The maximum absolute atomic E-state index is 13.4. The first-order valence-corrected chi connectivity index (χ1v) is 13.8. The number of halogens is 6. The first-order chi connectivity index (χ1) is 18.8. The molecule has 0 bridgehead atoms. The number of alkyl halides is 6. The van der Waals surface area contributed by atoms with Crippen LogP contribution in [0.4, 0.5) is 32.0 Å². The Labute approximate surface area is 235 Å². The summed E-state index contributed by atoms with van der Waals surface area (Å²) >= 11 is 0. The highest BCUT2D eigenvalue weighted by molar-refractivity contribution is 7.90. The van der Waals surface area contributed by atoms with Crippen molar-refractivity contribution < 1.29 is 64.8 Å². The van der Waals surface area contributed by atoms with Crippen molar-refractivity contribution >= 4 is 33.3 Å². The molecule has 0 fully saturated rings. The molecule has 1 unspecified atom stereocenters. The number of sulfone groups is 1. The maximum atomic E-state index is 13.4. The lowest BCUT2D eigenvalue weighted by Gasteiger charge is -2.36. The molecule has 17 heteroatoms. The van der Waals surface area contributed by atoms with Crippen molar-refractivity contribution in [3.63, 3.8) is 0 Å². The molecule has 1 aliphatic heterocycles. The van der Waals surface area contributed by atoms with Crippen LogP contribution in [-0.4, -0.2) is 71.9 Å². The highest BCUT2D eigenvalue weighted by Crippen LogP contribution is 2.50. The Hall–Kier alpha value is -3.70. The van der Waals surface area contributed by atoms with Gasteiger partial charge in [-0.2, -0.15) is 26.3 Å². The van der Waals surface area contributed by atoms with Gasteiger partial charge in [-0.1, -0.05) is 18.2 Å². The van der Waals surface area contributed by atoms with E-state index >= 15 is 0 Å². The fraction of sp³-hybridized carbons (Fsp3) is 0.400. The van der Waals surface area contributed by atoms with Crippen LogP contribution in [0.15, 0.2) is 47.4 Å². The van der Waals surface area contributed by atoms with Gasteiger partial charge in [-0.05, 0) is 48.2 Å². The summed E-state index contributed by atoms with van der Waals surface area (Å²) in [5.74, 6) is -2.66. The van der Waals surface area contributed by atoms with Gasteiger partial charge in [-0.3, -0.25) is 14.4 Å². The van der Waals surface area contributed by atoms with Crippen LogP contribution in [0.25, 0.3) is 0 Å². The van der Waals surface area contributed by atoms with Gasteiger partial charge >= 0.3 is 18.3 Å². The zero-order valence-corrected chi connectivity index (χ0v) is 22.5. The molecule has 0 saturated heterocycles. The summed E-state index contributed by atoms with van der Waals surface area (Å²) in [6, 6.07) is 4.61. The third-order valence-corrected chi connectivity index (χ3v) is 7.62. The standard InChI is InChI=1S/C25H24F6N2O7S.H2O/c1-41(39,40)17-9-10-18-14(13-17)11-12-33(19(34)3-2-4-20(35)36)21(18)22(37)32-16-7-5-15(6-8-16)23(38,24(26,27)28)25(29,30)31;/h5-10,13,21,38H,2-4,11-12H2,1H3,(H,32,37)(H,35,36);1H2. The number of carbonyl (C=O) groups excluding carboxylic acids is 2. The van der Waals surface area contributed by atoms with E-state index in [1.165, 1.54) is 18.2 Å². The fourth-order valence-electron chi connectivity index (χ4n) is 4.41. The molecule has 0 radical (unpaired) electrons. The van der Waals surface area contributed by atoms with Gasteiger partial charge in [0.25, 0.3) is 11.5 Å². The number of carboxylic acid groups (broad SMARTS) is 1. The Morgan fingerprint density at radius 3 is 2.05 bits per heavy atom. The number of carboxylic acids is 1. The first-order valence-electron chi connectivity index (χ1n) is 11.9. The summed E-state index contributed by atoms with van der Waals surface area (Å²) < 4.78 is 103. The van der Waals surface area contributed by atoms with Crippen LogP contribution in [0.2, 0.25) is 0 Å². The van der Waals surface area contributed by atoms with Gasteiger partial charge in [0, 0.05) is 36.9 Å². The smallest absolute Gasteiger partial charge is 0.430 e. The van der Waals surface area contributed by atoms with E-state index in [1.807, 2.05) is 0 Å². The minimum absolute atomic E-state index is 0. The first kappa shape index (κ1) is 34.5. The van der Waals surface area contributed by atoms with Crippen molar-refractivity contribution in [2.45, 2.75) is 54.6 Å². The number of fused-ring (bicyclic) bond motifs is 1. The van der Waals surface area contributed by atoms with Crippen molar-refractivity contribution in [1.29, 1.82) is 0 Å². The third kappa shape index (κ3) is 7.01. The molecular formula is C25H26F6N2O8S. The molecule has 1 heterocycles. The highest BCUT2D eigenvalue weighted by Gasteiger charge is 2.71. The van der Waals surface area contributed by atoms with E-state index in [4.69, 9.17) is 5.11 Å². The maximum Gasteiger partial charge on any atom is 0.430 e. The minimum Gasteiger partial charge on any atom is -0.481 e. The average molecular weight is 629 g/mol. The number of benzene rings is 2. The third-order valence-electron chi connectivity index (χ3n) is 6.51. The number of hydrogen-bond donors (Lipinski definition) is 3. The number of nitrogens with zero attached hydrogens (tertiary/aromatic N) is 1. The predicted octanol–water partition coefficient (Wildman–Crippen LogP) is 2.90. The van der Waals surface area contributed by atoms with Crippen LogP contribution in [-0.2, 0) is 36.2 Å². The fourth-order valence-corrected chi connectivity index (χ4v) is 5.08. The number of anilines is 1. The molecule has 2 aromatic rings. The molecule has 0 spiro atoms. The average Bonchev–Trinajstić information content (AvgIpc) is 2.85. The number of hydrogen-bond acceptors (Lipinski definition) is 6. The topological polar surface area (TPSA) is 173 Å². The van der Waals surface area contributed by atoms with Crippen molar-refractivity contribution in [2.75, 3.05) is 18.1 Å². The van der Waals surface area contributed by atoms with E-state index in [9.17, 15) is 54.3 Å². The minimum atomic E-state index is -6.10. The van der Waals surface area contributed by atoms with Crippen molar-refractivity contribution in [1.82, 2.24) is 4.90 Å². The molecule has 2 aromatic carbocycles. The summed E-state index contributed by atoms with van der Waals surface area (Å²) in [5, 5.41) is 20.7. The molecule has 42 heavy (non-hydrogen) atoms. The molecule has 2 amide bonds. The van der Waals surface area contributed by atoms with Crippen LogP contribution in [0.5, 0.6) is 0 Å². The Kier molecular flexibility index (Phi) is 10.1. The van der Waals surface area contributed by atoms with Gasteiger partial charge in [-0.25, -0.2) is 8.42 Å². The number of nitrogens with one attached hydrogen (secondary N) is 1. The number of aliphatic carboxylic acids is 1. The molecule has 1 aliphatic rings. The number of aliphatic hydroxyl groups is 1. The van der Waals surface area contributed by atoms with Gasteiger partial charge in [0.1, 0.15) is 6.04 Å². The summed E-state index contributed by atoms with van der Waals surface area (Å²) in [5.41, 5.74) is -6.32. The van der Waals surface area contributed by atoms with E-state index in [2.05, 4.69) is 5.32 Å². The van der Waals surface area contributed by atoms with Crippen molar-refractivity contribution in [2.24, 2.45) is 0 Å². The van der Waals surface area contributed by atoms with Crippen molar-refractivity contribution in [3.8, 4) is 0 Å². The van der Waals surface area contributed by atoms with Crippen molar-refractivity contribution in [3.05, 3.63) is 59.2 Å². The van der Waals surface area contributed by atoms with E-state index in [1.54, 1.807) is 0 Å². The molecular weight excluding hydrogens is 602 g/mol. The second-order valence-corrected chi connectivity index (χ2v) is 11.4. The summed E-state index contributed by atoms with van der Waals surface area (Å²) in [7, 11) is -3.63. The largest absolute Gasteiger partial charge is 0.481 e. The Morgan fingerprint density at radius 2 is 1.55 bits per heavy atom. The molecule has 3 rings (SSSR count). The van der Waals surface area contributed by atoms with Gasteiger partial charge in [0.05, 0.1) is 4.90 Å². The Bertz CT molecular complexity index is 1430. The summed E-state index contributed by atoms with van der Waals surface area (Å²) in [4.78, 5) is 38.2. The zero-order chi connectivity index (χ0) is 31.0. The monoisotopic (exact) mass is 628 g/mol. The molecule has 232 valence electrons. The highest BCUT2D eigenvalue weighted by atomic mass is 32.2. The molecule has 0 aromatic heterocycles. The lowest BCUT2D eigenvalue weighted by Crippen LogP contribution is -2.53. The lowest BCUT2D eigenvalue weighted by molar-refractivity contribution is -0.376. The van der Waals surface area contributed by atoms with Crippen LogP contribution < -0.4 is 5.32 Å². The van der Waals surface area contributed by atoms with E-state index in [-0.39, 0.29) is 53.9 Å². The van der Waals surface area contributed by atoms with Gasteiger partial charge < -0.3 is 25.9 Å². The summed E-state index contributed by atoms with van der Waals surface area (Å²) in [6.07, 6.45) is -11.7. The van der Waals surface area contributed by atoms with Gasteiger partial charge in [0.2, 0.25) is 5.91 Å². The molecule has 10 nitrogen and oxygen atoms in total. The van der Waals surface area contributed by atoms with E-state index in [0.717, 1.165) is 11.2 Å². The molecule has 1 atom stereocenters. The predicted molar refractivity (Wildman–Crippen MR) is 134 cm³/mol. The van der Waals surface area contributed by atoms with E-state index < -0.39 is 57.2 Å². The number of rotatable bonds is 8. The zero-order valence-electron chi connectivity index (χ0n) is 21.7. The lowest BCUT2D eigenvalue weighted by atomic mass is 9.91. The normalized spacial score (nSPS) is 15.8. The van der Waals surface area contributed by atoms with Gasteiger partial charge in [0.15, 0.2) is 9.84 Å². The Balaban J connectivity index is 0.00000616. The molecule has 0 saturated carbocycles. The van der Waals surface area contributed by atoms with Crippen LogP contribution >= 0.6 is 0 Å². The summed E-state index contributed by atoms with van der Waals surface area (Å²) in [6.45, 7) is -0.0622. The number of amides is 2. The SMILES string of the molecule is CS(=O)(=O)c1ccc2c(c1)CCN(C(=O)CCCC(=O)O)C2C(=O)Nc1ccc(C(O)(C(F)(F)F)C(F)(F)F)cc1.O. The number of carbonyl (C=O) groups is 3. The molecule has 5 N–H and O–H groups in total. The Morgan fingerprint density at radius 1 is 0.976 bits per heavy atom. The second kappa shape index (κ2) is 12.3. The quantitative estimate of drug-likeness (QED) is 0.377. The van der Waals surface area contributed by atoms with Gasteiger partial charge in [-0.15, -0.1) is 0 Å².